The van der Waals surface area contributed by atoms with Crippen LogP contribution in [0.25, 0.3) is 10.9 Å². The molecule has 0 radical (unpaired) electrons. The van der Waals surface area contributed by atoms with Gasteiger partial charge >= 0.3 is 5.97 Å². The standard InChI is InChI=1S/C15H17NO3/c1-15(2,8-7-14(17)18)19-12-5-6-13-11(10-12)4-3-9-16-13/h3-6,9-10H,7-8H2,1-2H3,(H,17,18). The minimum atomic E-state index is -0.806. The zero-order chi connectivity index (χ0) is 13.9. The van der Waals surface area contributed by atoms with E-state index in [0.717, 1.165) is 16.7 Å². The van der Waals surface area contributed by atoms with E-state index in [-0.39, 0.29) is 6.42 Å². The molecule has 0 amide bonds. The highest BCUT2D eigenvalue weighted by Gasteiger charge is 2.21. The van der Waals surface area contributed by atoms with Crippen molar-refractivity contribution >= 4 is 16.9 Å². The molecule has 0 aliphatic heterocycles. The number of carbonyl (C=O) groups is 1. The minimum Gasteiger partial charge on any atom is -0.488 e. The lowest BCUT2D eigenvalue weighted by Crippen LogP contribution is -2.29. The number of ether oxygens (including phenoxy) is 1. The van der Waals surface area contributed by atoms with Crippen LogP contribution in [-0.2, 0) is 4.79 Å². The van der Waals surface area contributed by atoms with E-state index < -0.39 is 11.6 Å². The summed E-state index contributed by atoms with van der Waals surface area (Å²) in [5.74, 6) is -0.0738. The van der Waals surface area contributed by atoms with Crippen molar-refractivity contribution in [1.29, 1.82) is 0 Å². The van der Waals surface area contributed by atoms with Crippen LogP contribution in [0.3, 0.4) is 0 Å². The third-order valence-electron chi connectivity index (χ3n) is 2.91. The Morgan fingerprint density at radius 1 is 1.37 bits per heavy atom. The molecular weight excluding hydrogens is 242 g/mol. The molecule has 4 nitrogen and oxygen atoms in total. The van der Waals surface area contributed by atoms with Crippen LogP contribution in [0.5, 0.6) is 5.75 Å². The van der Waals surface area contributed by atoms with Crippen molar-refractivity contribution in [2.24, 2.45) is 0 Å². The Morgan fingerprint density at radius 2 is 2.16 bits per heavy atom. The number of nitrogens with zero attached hydrogens (tertiary/aromatic N) is 1. The van der Waals surface area contributed by atoms with Crippen LogP contribution in [0, 0.1) is 0 Å². The molecule has 1 aromatic carbocycles. The molecule has 0 saturated carbocycles. The predicted molar refractivity (Wildman–Crippen MR) is 73.3 cm³/mol. The molecule has 0 spiro atoms. The number of rotatable bonds is 5. The van der Waals surface area contributed by atoms with Crippen LogP contribution in [0.15, 0.2) is 36.5 Å². The van der Waals surface area contributed by atoms with Crippen LogP contribution < -0.4 is 4.74 Å². The SMILES string of the molecule is CC(C)(CCC(=O)O)Oc1ccc2ncccc2c1. The average Bonchev–Trinajstić information content (AvgIpc) is 2.36. The molecule has 0 fully saturated rings. The van der Waals surface area contributed by atoms with Gasteiger partial charge in [-0.05, 0) is 44.5 Å². The fourth-order valence-electron chi connectivity index (χ4n) is 1.90. The van der Waals surface area contributed by atoms with Gasteiger partial charge in [0.1, 0.15) is 11.4 Å². The fraction of sp³-hybridized carbons (Fsp3) is 0.333. The first-order valence-electron chi connectivity index (χ1n) is 6.22. The van der Waals surface area contributed by atoms with E-state index >= 15 is 0 Å². The van der Waals surface area contributed by atoms with Crippen LogP contribution in [0.1, 0.15) is 26.7 Å². The summed E-state index contributed by atoms with van der Waals surface area (Å²) >= 11 is 0. The molecule has 2 rings (SSSR count). The van der Waals surface area contributed by atoms with Gasteiger partial charge in [-0.1, -0.05) is 6.07 Å². The van der Waals surface area contributed by atoms with Gasteiger partial charge in [0.25, 0.3) is 0 Å². The first-order chi connectivity index (χ1) is 8.96. The number of benzene rings is 1. The quantitative estimate of drug-likeness (QED) is 0.895. The van der Waals surface area contributed by atoms with Crippen LogP contribution >= 0.6 is 0 Å². The molecule has 1 N–H and O–H groups in total. The number of hydrogen-bond donors (Lipinski definition) is 1. The lowest BCUT2D eigenvalue weighted by atomic mass is 10.0. The van der Waals surface area contributed by atoms with Gasteiger partial charge in [-0.3, -0.25) is 9.78 Å². The van der Waals surface area contributed by atoms with Crippen molar-refractivity contribution in [3.8, 4) is 5.75 Å². The van der Waals surface area contributed by atoms with Gasteiger partial charge in [-0.2, -0.15) is 0 Å². The number of aliphatic carboxylic acids is 1. The van der Waals surface area contributed by atoms with Gasteiger partial charge in [-0.25, -0.2) is 0 Å². The minimum absolute atomic E-state index is 0.0993. The molecule has 19 heavy (non-hydrogen) atoms. The van der Waals surface area contributed by atoms with E-state index in [1.54, 1.807) is 6.20 Å². The fourth-order valence-corrected chi connectivity index (χ4v) is 1.90. The second-order valence-electron chi connectivity index (χ2n) is 5.11. The van der Waals surface area contributed by atoms with Crippen LogP contribution in [0.2, 0.25) is 0 Å². The Kier molecular flexibility index (Phi) is 3.69. The highest BCUT2D eigenvalue weighted by molar-refractivity contribution is 5.79. The van der Waals surface area contributed by atoms with E-state index in [4.69, 9.17) is 9.84 Å². The second kappa shape index (κ2) is 5.26. The van der Waals surface area contributed by atoms with E-state index in [9.17, 15) is 4.79 Å². The maximum absolute atomic E-state index is 10.6. The molecule has 0 aliphatic carbocycles. The number of fused-ring (bicyclic) bond motifs is 1. The van der Waals surface area contributed by atoms with Crippen molar-refractivity contribution in [3.05, 3.63) is 36.5 Å². The Balaban J connectivity index is 2.13. The first kappa shape index (κ1) is 13.3. The molecule has 0 atom stereocenters. The summed E-state index contributed by atoms with van der Waals surface area (Å²) in [6, 6.07) is 9.53. The van der Waals surface area contributed by atoms with Gasteiger partial charge in [0.15, 0.2) is 0 Å². The molecule has 1 heterocycles. The van der Waals surface area contributed by atoms with Crippen molar-refractivity contribution in [2.75, 3.05) is 0 Å². The summed E-state index contributed by atoms with van der Waals surface area (Å²) < 4.78 is 5.87. The van der Waals surface area contributed by atoms with Gasteiger partial charge < -0.3 is 9.84 Å². The summed E-state index contributed by atoms with van der Waals surface area (Å²) in [6.07, 6.45) is 2.31. The Labute approximate surface area is 112 Å². The third kappa shape index (κ3) is 3.68. The molecule has 100 valence electrons. The number of aromatic nitrogens is 1. The molecule has 0 aliphatic rings. The zero-order valence-corrected chi connectivity index (χ0v) is 11.1. The highest BCUT2D eigenvalue weighted by Crippen LogP contribution is 2.25. The molecule has 0 bridgehead atoms. The summed E-state index contributed by atoms with van der Waals surface area (Å²) in [4.78, 5) is 14.9. The van der Waals surface area contributed by atoms with Crippen molar-refractivity contribution in [1.82, 2.24) is 4.98 Å². The smallest absolute Gasteiger partial charge is 0.303 e. The lowest BCUT2D eigenvalue weighted by molar-refractivity contribution is -0.138. The molecule has 2 aromatic rings. The summed E-state index contributed by atoms with van der Waals surface area (Å²) in [5.41, 5.74) is 0.409. The van der Waals surface area contributed by atoms with E-state index in [1.165, 1.54) is 0 Å². The van der Waals surface area contributed by atoms with Crippen molar-refractivity contribution < 1.29 is 14.6 Å². The summed E-state index contributed by atoms with van der Waals surface area (Å²) in [6.45, 7) is 3.78. The Bertz CT molecular complexity index is 593. The first-order valence-corrected chi connectivity index (χ1v) is 6.22. The maximum Gasteiger partial charge on any atom is 0.303 e. The number of carboxylic acid groups (broad SMARTS) is 1. The normalized spacial score (nSPS) is 11.5. The largest absolute Gasteiger partial charge is 0.488 e. The maximum atomic E-state index is 10.6. The van der Waals surface area contributed by atoms with Gasteiger partial charge in [0, 0.05) is 18.0 Å². The van der Waals surface area contributed by atoms with Gasteiger partial charge in [0.2, 0.25) is 0 Å². The van der Waals surface area contributed by atoms with Gasteiger partial charge in [-0.15, -0.1) is 0 Å². The highest BCUT2D eigenvalue weighted by atomic mass is 16.5. The van der Waals surface area contributed by atoms with E-state index in [1.807, 2.05) is 44.2 Å². The van der Waals surface area contributed by atoms with Crippen LogP contribution in [0.4, 0.5) is 0 Å². The molecule has 0 unspecified atom stereocenters. The predicted octanol–water partition coefficient (Wildman–Crippen LogP) is 3.26. The Morgan fingerprint density at radius 3 is 2.89 bits per heavy atom. The monoisotopic (exact) mass is 259 g/mol. The summed E-state index contributed by atoms with van der Waals surface area (Å²) in [5, 5.41) is 9.73. The number of carboxylic acids is 1. The van der Waals surface area contributed by atoms with Crippen molar-refractivity contribution in [2.45, 2.75) is 32.3 Å². The Hall–Kier alpha value is -2.10. The summed E-state index contributed by atoms with van der Waals surface area (Å²) in [7, 11) is 0. The average molecular weight is 259 g/mol. The number of pyridine rings is 1. The van der Waals surface area contributed by atoms with E-state index in [2.05, 4.69) is 4.98 Å². The zero-order valence-electron chi connectivity index (χ0n) is 11.1. The molecule has 0 saturated heterocycles. The lowest BCUT2D eigenvalue weighted by Gasteiger charge is -2.26. The molecular formula is C15H17NO3. The van der Waals surface area contributed by atoms with Crippen LogP contribution in [-0.4, -0.2) is 21.7 Å². The number of hydrogen-bond acceptors (Lipinski definition) is 3. The third-order valence-corrected chi connectivity index (χ3v) is 2.91. The molecule has 4 heteroatoms. The van der Waals surface area contributed by atoms with Crippen molar-refractivity contribution in [3.63, 3.8) is 0 Å². The second-order valence-corrected chi connectivity index (χ2v) is 5.11. The topological polar surface area (TPSA) is 59.4 Å². The van der Waals surface area contributed by atoms with E-state index in [0.29, 0.717) is 6.42 Å². The van der Waals surface area contributed by atoms with Gasteiger partial charge in [0.05, 0.1) is 5.52 Å². The molecule has 1 aromatic heterocycles.